The van der Waals surface area contributed by atoms with Gasteiger partial charge < -0.3 is 30.6 Å². The van der Waals surface area contributed by atoms with Gasteiger partial charge in [0.25, 0.3) is 0 Å². The fourth-order valence-corrected chi connectivity index (χ4v) is 16.8. The zero-order chi connectivity index (χ0) is 77.5. The highest BCUT2D eigenvalue weighted by atomic mass is 16.4. The van der Waals surface area contributed by atoms with Crippen molar-refractivity contribution in [3.63, 3.8) is 0 Å². The predicted molar refractivity (Wildman–Crippen MR) is 452 cm³/mol. The molecule has 612 valence electrons. The van der Waals surface area contributed by atoms with E-state index in [1.54, 1.807) is 33.4 Å². The van der Waals surface area contributed by atoms with Crippen LogP contribution in [0.5, 0.6) is 0 Å². The molecule has 0 aliphatic heterocycles. The summed E-state index contributed by atoms with van der Waals surface area (Å²) >= 11 is 0. The van der Waals surface area contributed by atoms with Crippen LogP contribution in [0.25, 0.3) is 32.3 Å². The lowest BCUT2D eigenvalue weighted by atomic mass is 9.84. The van der Waals surface area contributed by atoms with Gasteiger partial charge in [-0.1, -0.05) is 345 Å². The second-order valence-electron chi connectivity index (χ2n) is 33.1. The third-order valence-corrected chi connectivity index (χ3v) is 23.4. The Morgan fingerprint density at radius 3 is 0.315 bits per heavy atom. The molecule has 0 fully saturated rings. The average molecular weight is 1500 g/mol. The molecule has 0 aliphatic carbocycles. The van der Waals surface area contributed by atoms with Crippen LogP contribution >= 0.6 is 0 Å². The molecule has 0 amide bonds. The van der Waals surface area contributed by atoms with Crippen molar-refractivity contribution in [3.8, 4) is 0 Å². The number of rotatable bonds is 78. The van der Waals surface area contributed by atoms with Crippen LogP contribution in [0.1, 0.15) is 457 Å². The first-order valence-electron chi connectivity index (χ1n) is 45.5. The summed E-state index contributed by atoms with van der Waals surface area (Å²) in [5, 5.41) is 63.1. The quantitative estimate of drug-likeness (QED) is 0.0179. The van der Waals surface area contributed by atoms with Gasteiger partial charge in [-0.25, -0.2) is 0 Å². The summed E-state index contributed by atoms with van der Waals surface area (Å²) in [6.07, 6.45) is 77.3. The Labute approximate surface area is 656 Å². The molecule has 0 saturated heterocycles. The Hall–Kier alpha value is -5.52. The van der Waals surface area contributed by atoms with Crippen molar-refractivity contribution in [2.75, 3.05) is 0 Å². The Bertz CT molecular complexity index is 2490. The van der Waals surface area contributed by atoms with Crippen LogP contribution in [-0.4, -0.2) is 66.5 Å². The largest absolute Gasteiger partial charge is 0.481 e. The Kier molecular flexibility index (Phi) is 56.3. The highest BCUT2D eigenvalue weighted by Crippen LogP contribution is 2.41. The van der Waals surface area contributed by atoms with Crippen molar-refractivity contribution in [3.05, 3.63) is 69.8 Å². The van der Waals surface area contributed by atoms with Gasteiger partial charge in [0.15, 0.2) is 0 Å². The van der Waals surface area contributed by atoms with Crippen LogP contribution in [0.4, 0.5) is 0 Å². The lowest BCUT2D eigenvalue weighted by Gasteiger charge is -2.21. The monoisotopic (exact) mass is 1500 g/mol. The van der Waals surface area contributed by atoms with E-state index in [-0.39, 0.29) is 38.5 Å². The molecule has 0 spiro atoms. The summed E-state index contributed by atoms with van der Waals surface area (Å²) in [7, 11) is 0. The minimum Gasteiger partial charge on any atom is -0.481 e. The summed E-state index contributed by atoms with van der Waals surface area (Å²) in [5.41, 5.74) is 9.26. The summed E-state index contributed by atoms with van der Waals surface area (Å²) in [6, 6.07) is 16.2. The predicted octanol–water partition coefficient (Wildman–Crippen LogP) is 28.7. The van der Waals surface area contributed by atoms with E-state index in [0.29, 0.717) is 0 Å². The van der Waals surface area contributed by atoms with Gasteiger partial charge in [-0.2, -0.15) is 0 Å². The topological polar surface area (TPSA) is 224 Å². The SMILES string of the molecule is O=C(O)CCCCCCCCCCCCc1cc2c3cc(CCCCCCCCCCCCC(=O)O)c(CCCCCCCCCCCCC(=O)O)cc3c3cc(CCCCCCCCCCCCC(=O)O)c(CCCCCCCCCCCCC(=O)O)cc3c2cc1CCCCCCCCCCCCC(=O)O. The molecule has 4 aromatic rings. The van der Waals surface area contributed by atoms with Crippen molar-refractivity contribution in [1.29, 1.82) is 0 Å². The minimum absolute atomic E-state index is 0.278. The molecular formula is C96H156O12. The van der Waals surface area contributed by atoms with Gasteiger partial charge in [-0.15, -0.1) is 0 Å². The number of carboxylic acid groups (broad SMARTS) is 6. The fourth-order valence-electron chi connectivity index (χ4n) is 16.8. The number of benzene rings is 4. The lowest BCUT2D eigenvalue weighted by Crippen LogP contribution is -2.01. The molecule has 108 heavy (non-hydrogen) atoms. The van der Waals surface area contributed by atoms with Gasteiger partial charge in [0.05, 0.1) is 0 Å². The minimum atomic E-state index is -0.690. The zero-order valence-corrected chi connectivity index (χ0v) is 68.5. The molecule has 0 heterocycles. The van der Waals surface area contributed by atoms with Gasteiger partial charge in [0.2, 0.25) is 0 Å². The number of carbonyl (C=O) groups is 6. The van der Waals surface area contributed by atoms with Gasteiger partial charge >= 0.3 is 35.8 Å². The normalized spacial score (nSPS) is 11.7. The van der Waals surface area contributed by atoms with Crippen molar-refractivity contribution in [1.82, 2.24) is 0 Å². The molecule has 4 aromatic carbocycles. The second kappa shape index (κ2) is 64.0. The maximum absolute atomic E-state index is 11.0. The summed E-state index contributed by atoms with van der Waals surface area (Å²) in [4.78, 5) is 66.3. The smallest absolute Gasteiger partial charge is 0.303 e. The number of hydrogen-bond acceptors (Lipinski definition) is 6. The molecule has 0 atom stereocenters. The van der Waals surface area contributed by atoms with Gasteiger partial charge in [0.1, 0.15) is 0 Å². The van der Waals surface area contributed by atoms with Crippen LogP contribution in [-0.2, 0) is 67.3 Å². The van der Waals surface area contributed by atoms with Gasteiger partial charge in [0, 0.05) is 38.5 Å². The number of aryl methyl sites for hydroxylation is 6. The molecule has 0 aromatic heterocycles. The van der Waals surface area contributed by atoms with E-state index in [4.69, 9.17) is 30.6 Å². The maximum atomic E-state index is 11.0. The highest BCUT2D eigenvalue weighted by Gasteiger charge is 2.19. The van der Waals surface area contributed by atoms with Crippen molar-refractivity contribution >= 4 is 68.1 Å². The van der Waals surface area contributed by atoms with E-state index in [1.807, 2.05) is 0 Å². The third kappa shape index (κ3) is 47.6. The maximum Gasteiger partial charge on any atom is 0.303 e. The molecule has 12 nitrogen and oxygen atoms in total. The number of hydrogen-bond donors (Lipinski definition) is 6. The number of aliphatic carboxylic acids is 6. The molecule has 0 radical (unpaired) electrons. The van der Waals surface area contributed by atoms with E-state index in [9.17, 15) is 28.8 Å². The molecule has 12 heteroatoms. The molecular weight excluding hydrogens is 1350 g/mol. The molecule has 0 bridgehead atoms. The third-order valence-electron chi connectivity index (χ3n) is 23.4. The summed E-state index contributed by atoms with van der Waals surface area (Å²) in [5.74, 6) is -4.14. The molecule has 0 aliphatic rings. The van der Waals surface area contributed by atoms with E-state index >= 15 is 0 Å². The number of fused-ring (bicyclic) bond motifs is 6. The van der Waals surface area contributed by atoms with Crippen LogP contribution in [0.2, 0.25) is 0 Å². The number of carboxylic acids is 6. The van der Waals surface area contributed by atoms with Crippen molar-refractivity contribution in [2.45, 2.75) is 462 Å². The first-order valence-corrected chi connectivity index (χ1v) is 45.5. The Morgan fingerprint density at radius 2 is 0.222 bits per heavy atom. The van der Waals surface area contributed by atoms with Gasteiger partial charge in [-0.3, -0.25) is 28.8 Å². The van der Waals surface area contributed by atoms with E-state index in [0.717, 1.165) is 154 Å². The Morgan fingerprint density at radius 1 is 0.139 bits per heavy atom. The molecule has 4 rings (SSSR count). The molecule has 0 saturated carbocycles. The van der Waals surface area contributed by atoms with E-state index < -0.39 is 35.8 Å². The van der Waals surface area contributed by atoms with Crippen LogP contribution < -0.4 is 0 Å². The Balaban J connectivity index is 1.76. The molecule has 6 N–H and O–H groups in total. The fraction of sp³-hybridized carbons (Fsp3) is 0.750. The highest BCUT2D eigenvalue weighted by molar-refractivity contribution is 6.26. The van der Waals surface area contributed by atoms with Crippen LogP contribution in [0.15, 0.2) is 36.4 Å². The number of unbranched alkanes of at least 4 members (excludes halogenated alkanes) is 54. The van der Waals surface area contributed by atoms with Crippen molar-refractivity contribution in [2.24, 2.45) is 0 Å². The first-order chi connectivity index (χ1) is 52.7. The van der Waals surface area contributed by atoms with E-state index in [2.05, 4.69) is 36.4 Å². The van der Waals surface area contributed by atoms with Crippen molar-refractivity contribution < 1.29 is 59.4 Å². The summed E-state index contributed by atoms with van der Waals surface area (Å²) in [6.45, 7) is 0. The van der Waals surface area contributed by atoms with Gasteiger partial charge in [-0.05, 0) is 181 Å². The lowest BCUT2D eigenvalue weighted by molar-refractivity contribution is -0.138. The first kappa shape index (κ1) is 94.9. The standard InChI is InChI=1S/C96H156O12/c97-91(98)67-55-43-31-19-7-1-13-25-37-49-61-79-73-85-86(74-80(79)62-50-38-26-14-2-8-20-32-44-56-68-92(99)100)88-76-82(64-52-40-28-16-4-10-22-34-46-58-70-94(103)104)84(66-54-42-30-18-6-12-24-36-48-60-72-96(107)108)78-90(88)89-77-83(65-53-41-29-17-5-11-23-35-47-59-71-95(105)106)81(75-87(85)89)63-51-39-27-15-3-9-21-33-45-57-69-93(101)102/h73-78H,1-72H2,(H,97,98)(H,99,100)(H,101,102)(H,103,104)(H,105,106)(H,107,108). The average Bonchev–Trinajstić information content (AvgIpc) is 0.727. The second-order valence-corrected chi connectivity index (χ2v) is 33.1. The summed E-state index contributed by atoms with van der Waals surface area (Å²) < 4.78 is 0. The van der Waals surface area contributed by atoms with Crippen LogP contribution in [0.3, 0.4) is 0 Å². The zero-order valence-electron chi connectivity index (χ0n) is 68.5. The van der Waals surface area contributed by atoms with Crippen LogP contribution in [0, 0.1) is 0 Å². The van der Waals surface area contributed by atoms with E-state index in [1.165, 1.54) is 302 Å². The molecule has 0 unspecified atom stereocenters.